The van der Waals surface area contributed by atoms with Gasteiger partial charge in [0.05, 0.1) is 12.0 Å². The molecule has 5 heteroatoms. The van der Waals surface area contributed by atoms with E-state index in [-0.39, 0.29) is 36.0 Å². The monoisotopic (exact) mass is 238 g/mol. The Labute approximate surface area is 101 Å². The first-order valence-electron chi connectivity index (χ1n) is 6.16. The number of carbonyl (C=O) groups is 3. The second kappa shape index (κ2) is 4.85. The fourth-order valence-corrected chi connectivity index (χ4v) is 2.69. The van der Waals surface area contributed by atoms with E-state index in [1.165, 1.54) is 6.92 Å². The van der Waals surface area contributed by atoms with E-state index in [0.29, 0.717) is 19.5 Å². The van der Waals surface area contributed by atoms with Crippen molar-refractivity contribution in [2.45, 2.75) is 38.6 Å². The summed E-state index contributed by atoms with van der Waals surface area (Å²) in [6.07, 6.45) is 2.31. The van der Waals surface area contributed by atoms with Gasteiger partial charge in [0, 0.05) is 25.9 Å². The van der Waals surface area contributed by atoms with Crippen LogP contribution in [-0.4, -0.2) is 41.6 Å². The molecular weight excluding hydrogens is 220 g/mol. The van der Waals surface area contributed by atoms with Crippen molar-refractivity contribution in [3.05, 3.63) is 0 Å². The first-order valence-corrected chi connectivity index (χ1v) is 6.16. The molecule has 94 valence electrons. The Hall–Kier alpha value is -1.39. The van der Waals surface area contributed by atoms with Gasteiger partial charge in [-0.15, -0.1) is 0 Å². The van der Waals surface area contributed by atoms with Crippen LogP contribution in [0, 0.1) is 5.92 Å². The van der Waals surface area contributed by atoms with Crippen LogP contribution in [0.5, 0.6) is 0 Å². The summed E-state index contributed by atoms with van der Waals surface area (Å²) in [5.74, 6) is 0.0722. The van der Waals surface area contributed by atoms with Crippen LogP contribution in [0.4, 0.5) is 0 Å². The van der Waals surface area contributed by atoms with Crippen LogP contribution >= 0.6 is 0 Å². The lowest BCUT2D eigenvalue weighted by molar-refractivity contribution is -0.138. The van der Waals surface area contributed by atoms with Gasteiger partial charge in [-0.05, 0) is 19.8 Å². The summed E-state index contributed by atoms with van der Waals surface area (Å²) in [4.78, 5) is 36.2. The first-order chi connectivity index (χ1) is 8.09. The van der Waals surface area contributed by atoms with Gasteiger partial charge in [-0.3, -0.25) is 9.59 Å². The van der Waals surface area contributed by atoms with Gasteiger partial charge in [0.2, 0.25) is 11.8 Å². The Morgan fingerprint density at radius 3 is 2.88 bits per heavy atom. The molecule has 2 atom stereocenters. The zero-order valence-corrected chi connectivity index (χ0v) is 10.1. The third-order valence-electron chi connectivity index (χ3n) is 3.61. The highest BCUT2D eigenvalue weighted by Gasteiger charge is 2.42. The number of likely N-dealkylation sites (tertiary alicyclic amines) is 1. The summed E-state index contributed by atoms with van der Waals surface area (Å²) in [5, 5.41) is 2.81. The largest absolute Gasteiger partial charge is 0.354 e. The van der Waals surface area contributed by atoms with Gasteiger partial charge in [0.25, 0.3) is 0 Å². The molecule has 2 amide bonds. The van der Waals surface area contributed by atoms with Crippen LogP contribution in [0.15, 0.2) is 0 Å². The molecular formula is C12H18N2O3. The number of hydrogen-bond acceptors (Lipinski definition) is 3. The Balaban J connectivity index is 1.98. The third-order valence-corrected chi connectivity index (χ3v) is 3.61. The molecule has 2 aliphatic rings. The standard InChI is InChI=1S/C12H18N2O3/c1-8(15)4-5-11(16)14-6-2-3-9-10(14)7-13-12(9)17/h9-10H,2-7H2,1H3,(H,13,17). The average molecular weight is 238 g/mol. The van der Waals surface area contributed by atoms with Crippen LogP contribution in [0.25, 0.3) is 0 Å². The summed E-state index contributed by atoms with van der Waals surface area (Å²) in [5.41, 5.74) is 0. The van der Waals surface area contributed by atoms with Gasteiger partial charge >= 0.3 is 0 Å². The summed E-state index contributed by atoms with van der Waals surface area (Å²) < 4.78 is 0. The van der Waals surface area contributed by atoms with Crippen molar-refractivity contribution in [3.8, 4) is 0 Å². The van der Waals surface area contributed by atoms with E-state index >= 15 is 0 Å². The molecule has 2 aliphatic heterocycles. The SMILES string of the molecule is CC(=O)CCC(=O)N1CCCC2C(=O)NCC21. The molecule has 2 unspecified atom stereocenters. The first kappa shape index (κ1) is 12.1. The lowest BCUT2D eigenvalue weighted by Gasteiger charge is -2.36. The average Bonchev–Trinajstić information content (AvgIpc) is 2.68. The zero-order valence-electron chi connectivity index (χ0n) is 10.1. The molecule has 2 rings (SSSR count). The quantitative estimate of drug-likeness (QED) is 0.758. The lowest BCUT2D eigenvalue weighted by atomic mass is 9.91. The minimum absolute atomic E-state index is 0.00593. The van der Waals surface area contributed by atoms with Crippen molar-refractivity contribution in [1.29, 1.82) is 0 Å². The van der Waals surface area contributed by atoms with E-state index in [4.69, 9.17) is 0 Å². The van der Waals surface area contributed by atoms with Gasteiger partial charge in [0.1, 0.15) is 5.78 Å². The molecule has 2 heterocycles. The zero-order chi connectivity index (χ0) is 12.4. The molecule has 17 heavy (non-hydrogen) atoms. The Bertz CT molecular complexity index is 354. The number of Topliss-reactive ketones (excluding diaryl/α,β-unsaturated/α-hetero) is 1. The van der Waals surface area contributed by atoms with Gasteiger partial charge in [-0.1, -0.05) is 0 Å². The lowest BCUT2D eigenvalue weighted by Crippen LogP contribution is -2.48. The topological polar surface area (TPSA) is 66.5 Å². The van der Waals surface area contributed by atoms with Crippen LogP contribution in [-0.2, 0) is 14.4 Å². The number of carbonyl (C=O) groups excluding carboxylic acids is 3. The van der Waals surface area contributed by atoms with E-state index in [0.717, 1.165) is 12.8 Å². The Morgan fingerprint density at radius 2 is 2.18 bits per heavy atom. The van der Waals surface area contributed by atoms with E-state index in [1.54, 1.807) is 4.90 Å². The minimum Gasteiger partial charge on any atom is -0.354 e. The van der Waals surface area contributed by atoms with Gasteiger partial charge in [-0.25, -0.2) is 0 Å². The highest BCUT2D eigenvalue weighted by atomic mass is 16.2. The molecule has 0 bridgehead atoms. The van der Waals surface area contributed by atoms with E-state index in [1.807, 2.05) is 0 Å². The molecule has 0 aromatic heterocycles. The Morgan fingerprint density at radius 1 is 1.41 bits per heavy atom. The third kappa shape index (κ3) is 2.48. The molecule has 0 radical (unpaired) electrons. The second-order valence-corrected chi connectivity index (χ2v) is 4.85. The molecule has 0 saturated carbocycles. The number of nitrogens with zero attached hydrogens (tertiary/aromatic N) is 1. The fourth-order valence-electron chi connectivity index (χ4n) is 2.69. The maximum Gasteiger partial charge on any atom is 0.225 e. The Kier molecular flexibility index (Phi) is 3.45. The summed E-state index contributed by atoms with van der Waals surface area (Å²) >= 11 is 0. The second-order valence-electron chi connectivity index (χ2n) is 4.85. The number of rotatable bonds is 3. The number of fused-ring (bicyclic) bond motifs is 1. The molecule has 0 aliphatic carbocycles. The number of nitrogens with one attached hydrogen (secondary N) is 1. The number of piperidine rings is 1. The predicted molar refractivity (Wildman–Crippen MR) is 61.1 cm³/mol. The number of ketones is 1. The molecule has 1 N–H and O–H groups in total. The highest BCUT2D eigenvalue weighted by molar-refractivity contribution is 5.86. The predicted octanol–water partition coefficient (Wildman–Crippen LogP) is 0.0926. The van der Waals surface area contributed by atoms with Crippen molar-refractivity contribution < 1.29 is 14.4 Å². The van der Waals surface area contributed by atoms with Crippen LogP contribution in [0.1, 0.15) is 32.6 Å². The molecule has 0 aromatic carbocycles. The molecule has 5 nitrogen and oxygen atoms in total. The summed E-state index contributed by atoms with van der Waals surface area (Å²) in [6, 6.07) is 0.00991. The minimum atomic E-state index is -0.0370. The smallest absolute Gasteiger partial charge is 0.225 e. The maximum atomic E-state index is 12.0. The van der Waals surface area contributed by atoms with Crippen molar-refractivity contribution in [3.63, 3.8) is 0 Å². The molecule has 0 spiro atoms. The molecule has 2 fully saturated rings. The number of hydrogen-bond donors (Lipinski definition) is 1. The molecule has 0 aromatic rings. The van der Waals surface area contributed by atoms with Crippen molar-refractivity contribution >= 4 is 17.6 Å². The highest BCUT2D eigenvalue weighted by Crippen LogP contribution is 2.27. The van der Waals surface area contributed by atoms with Crippen molar-refractivity contribution in [1.82, 2.24) is 10.2 Å². The van der Waals surface area contributed by atoms with Gasteiger partial charge in [-0.2, -0.15) is 0 Å². The van der Waals surface area contributed by atoms with Crippen molar-refractivity contribution in [2.75, 3.05) is 13.1 Å². The van der Waals surface area contributed by atoms with Crippen LogP contribution in [0.3, 0.4) is 0 Å². The van der Waals surface area contributed by atoms with Crippen LogP contribution in [0.2, 0.25) is 0 Å². The van der Waals surface area contributed by atoms with E-state index < -0.39 is 0 Å². The summed E-state index contributed by atoms with van der Waals surface area (Å²) in [6.45, 7) is 2.77. The van der Waals surface area contributed by atoms with Gasteiger partial charge in [0.15, 0.2) is 0 Å². The maximum absolute atomic E-state index is 12.0. The van der Waals surface area contributed by atoms with Gasteiger partial charge < -0.3 is 15.0 Å². The van der Waals surface area contributed by atoms with E-state index in [9.17, 15) is 14.4 Å². The summed E-state index contributed by atoms with van der Waals surface area (Å²) in [7, 11) is 0. The normalized spacial score (nSPS) is 27.6. The van der Waals surface area contributed by atoms with E-state index in [2.05, 4.69) is 5.32 Å². The molecule has 2 saturated heterocycles. The van der Waals surface area contributed by atoms with Crippen LogP contribution < -0.4 is 5.32 Å². The fraction of sp³-hybridized carbons (Fsp3) is 0.750. The number of amides is 2. The van der Waals surface area contributed by atoms with Crippen molar-refractivity contribution in [2.24, 2.45) is 5.92 Å².